The molecule has 1 heterocycles. The first-order valence-corrected chi connectivity index (χ1v) is 10.5. The normalized spacial score (nSPS) is 12.0. The predicted octanol–water partition coefficient (Wildman–Crippen LogP) is 3.49. The van der Waals surface area contributed by atoms with Crippen LogP contribution in [0.2, 0.25) is 0 Å². The van der Waals surface area contributed by atoms with Crippen molar-refractivity contribution in [3.05, 3.63) is 50.9 Å². The number of halogens is 1. The Kier molecular flexibility index (Phi) is 8.04. The fourth-order valence-corrected chi connectivity index (χ4v) is 2.56. The van der Waals surface area contributed by atoms with E-state index in [9.17, 15) is 0 Å². The van der Waals surface area contributed by atoms with Crippen molar-refractivity contribution in [2.45, 2.75) is 40.2 Å². The number of nitrogens with zero attached hydrogens (tertiary/aromatic N) is 2. The zero-order chi connectivity index (χ0) is 20.1. The number of rotatable bonds is 3. The second-order valence-electron chi connectivity index (χ2n) is 6.77. The summed E-state index contributed by atoms with van der Waals surface area (Å²) in [6, 6.07) is 10.7. The number of aromatic nitrogens is 1. The Morgan fingerprint density at radius 3 is 2.12 bits per heavy atom. The highest BCUT2D eigenvalue weighted by Gasteiger charge is 2.10. The van der Waals surface area contributed by atoms with Gasteiger partial charge in [-0.05, 0) is 87.5 Å². The van der Waals surface area contributed by atoms with E-state index in [4.69, 9.17) is 19.2 Å². The fourth-order valence-electron chi connectivity index (χ4n) is 2.20. The maximum absolute atomic E-state index is 8.88. The quantitative estimate of drug-likeness (QED) is 0.227. The zero-order valence-electron chi connectivity index (χ0n) is 15.4. The van der Waals surface area contributed by atoms with E-state index in [2.05, 4.69) is 103 Å². The van der Waals surface area contributed by atoms with Crippen LogP contribution in [0.15, 0.2) is 35.4 Å². The van der Waals surface area contributed by atoms with Gasteiger partial charge in [-0.3, -0.25) is 0 Å². The summed E-state index contributed by atoms with van der Waals surface area (Å²) in [5.74, 6) is 0. The number of benzene rings is 1. The highest BCUT2D eigenvalue weighted by atomic mass is 127. The van der Waals surface area contributed by atoms with Gasteiger partial charge in [0.15, 0.2) is 0 Å². The molecule has 0 bridgehead atoms. The molecule has 0 atom stereocenters. The lowest BCUT2D eigenvalue weighted by Gasteiger charge is -2.17. The van der Waals surface area contributed by atoms with Gasteiger partial charge in [-0.15, -0.1) is 0 Å². The van der Waals surface area contributed by atoms with Gasteiger partial charge in [0.25, 0.3) is 0 Å². The topological polar surface area (TPSA) is 107 Å². The van der Waals surface area contributed by atoms with Crippen LogP contribution in [0.3, 0.4) is 0 Å². The summed E-state index contributed by atoms with van der Waals surface area (Å²) in [7, 11) is -4.64. The summed E-state index contributed by atoms with van der Waals surface area (Å²) in [6.07, 6.45) is 1.90. The van der Waals surface area contributed by atoms with E-state index in [1.807, 2.05) is 6.21 Å². The van der Waals surface area contributed by atoms with E-state index < -0.39 is 7.82 Å². The summed E-state index contributed by atoms with van der Waals surface area (Å²) < 4.78 is 12.4. The molecule has 0 aliphatic carbocycles. The molecule has 0 amide bonds. The molecule has 1 aromatic carbocycles. The van der Waals surface area contributed by atoms with Gasteiger partial charge in [0.2, 0.25) is 0 Å². The number of aryl methyl sites for hydroxylation is 1. The highest BCUT2D eigenvalue weighted by molar-refractivity contribution is 14.1. The van der Waals surface area contributed by atoms with E-state index in [0.717, 1.165) is 5.56 Å². The number of phosphoric acid groups is 1. The van der Waals surface area contributed by atoms with Crippen molar-refractivity contribution < 1.29 is 19.2 Å². The Labute approximate surface area is 167 Å². The molecule has 144 valence electrons. The minimum atomic E-state index is -4.64. The molecule has 26 heavy (non-hydrogen) atoms. The molecule has 0 unspecified atom stereocenters. The van der Waals surface area contributed by atoms with Crippen LogP contribution in [0.4, 0.5) is 0 Å². The molecule has 1 aromatic heterocycles. The number of hydrogen-bond donors (Lipinski definition) is 4. The van der Waals surface area contributed by atoms with E-state index >= 15 is 0 Å². The van der Waals surface area contributed by atoms with Crippen LogP contribution in [-0.2, 0) is 4.57 Å². The second-order valence-corrected chi connectivity index (χ2v) is 9.04. The molecule has 0 fully saturated rings. The predicted molar refractivity (Wildman–Crippen MR) is 113 cm³/mol. The Bertz CT molecular complexity index is 796. The van der Waals surface area contributed by atoms with Crippen molar-refractivity contribution in [2.24, 2.45) is 5.10 Å². The lowest BCUT2D eigenvalue weighted by molar-refractivity contribution is 0.275. The Balaban J connectivity index is 0.000000597. The average Bonchev–Trinajstić information content (AvgIpc) is 2.72. The van der Waals surface area contributed by atoms with Crippen molar-refractivity contribution in [3.8, 4) is 5.69 Å². The minimum Gasteiger partial charge on any atom is -0.318 e. The first-order chi connectivity index (χ1) is 11.8. The molecular weight excluding hydrogens is 468 g/mol. The number of hydrazone groups is 1. The monoisotopic (exact) mass is 493 g/mol. The molecule has 0 aliphatic heterocycles. The van der Waals surface area contributed by atoms with Crippen LogP contribution >= 0.6 is 30.4 Å². The maximum atomic E-state index is 8.88. The molecule has 0 spiro atoms. The van der Waals surface area contributed by atoms with E-state index in [1.165, 1.54) is 20.6 Å². The fraction of sp³-hybridized carbons (Fsp3) is 0.353. The van der Waals surface area contributed by atoms with Crippen molar-refractivity contribution >= 4 is 36.6 Å². The lowest BCUT2D eigenvalue weighted by Crippen LogP contribution is -2.31. The molecule has 9 heteroatoms. The third-order valence-corrected chi connectivity index (χ3v) is 3.88. The smallest absolute Gasteiger partial charge is 0.318 e. The van der Waals surface area contributed by atoms with Crippen molar-refractivity contribution in [1.29, 1.82) is 0 Å². The number of nitrogens with one attached hydrogen (secondary N) is 1. The van der Waals surface area contributed by atoms with Crippen molar-refractivity contribution in [2.75, 3.05) is 0 Å². The van der Waals surface area contributed by atoms with Crippen LogP contribution in [-0.4, -0.2) is 31.0 Å². The molecule has 0 radical (unpaired) electrons. The van der Waals surface area contributed by atoms with Gasteiger partial charge in [-0.25, -0.2) is 4.57 Å². The van der Waals surface area contributed by atoms with Gasteiger partial charge in [-0.2, -0.15) is 5.10 Å². The Hall–Kier alpha value is -1.19. The average molecular weight is 493 g/mol. The Morgan fingerprint density at radius 2 is 1.65 bits per heavy atom. The minimum absolute atomic E-state index is 0.0157. The van der Waals surface area contributed by atoms with E-state index in [0.29, 0.717) is 0 Å². The molecule has 0 aliphatic rings. The first kappa shape index (κ1) is 22.9. The third kappa shape index (κ3) is 8.46. The van der Waals surface area contributed by atoms with Gasteiger partial charge in [-0.1, -0.05) is 0 Å². The van der Waals surface area contributed by atoms with Gasteiger partial charge in [0.1, 0.15) is 0 Å². The maximum Gasteiger partial charge on any atom is 0.466 e. The standard InChI is InChI=1S/C17H22IN3.H3O4P/c1-12-10-14(11-19-20-17(3,4)5)13(2)21(12)16-8-6-15(18)7-9-16;1-5(2,3)4/h6-11,20H,1-5H3;(H3,1,2,3,4). The number of hydrogen-bond acceptors (Lipinski definition) is 3. The summed E-state index contributed by atoms with van der Waals surface area (Å²) in [5, 5.41) is 4.35. The van der Waals surface area contributed by atoms with Gasteiger partial charge < -0.3 is 24.7 Å². The highest BCUT2D eigenvalue weighted by Crippen LogP contribution is 2.25. The third-order valence-electron chi connectivity index (χ3n) is 3.16. The summed E-state index contributed by atoms with van der Waals surface area (Å²) in [6.45, 7) is 10.5. The van der Waals surface area contributed by atoms with E-state index in [-0.39, 0.29) is 5.54 Å². The summed E-state index contributed by atoms with van der Waals surface area (Å²) in [5.41, 5.74) is 7.86. The van der Waals surface area contributed by atoms with Gasteiger partial charge >= 0.3 is 7.82 Å². The molecule has 0 saturated heterocycles. The van der Waals surface area contributed by atoms with Crippen LogP contribution in [0.25, 0.3) is 5.69 Å². The zero-order valence-corrected chi connectivity index (χ0v) is 18.5. The van der Waals surface area contributed by atoms with Crippen LogP contribution in [0.5, 0.6) is 0 Å². The lowest BCUT2D eigenvalue weighted by atomic mass is 10.1. The molecular formula is C17H25IN3O4P. The SMILES string of the molecule is Cc1cc(C=NNC(C)(C)C)c(C)n1-c1ccc(I)cc1.O=P(O)(O)O. The van der Waals surface area contributed by atoms with Gasteiger partial charge in [0.05, 0.1) is 6.21 Å². The summed E-state index contributed by atoms with van der Waals surface area (Å²) >= 11 is 2.33. The largest absolute Gasteiger partial charge is 0.466 e. The summed E-state index contributed by atoms with van der Waals surface area (Å²) in [4.78, 5) is 21.6. The molecule has 2 rings (SSSR count). The molecule has 0 saturated carbocycles. The molecule has 7 nitrogen and oxygen atoms in total. The van der Waals surface area contributed by atoms with Crippen molar-refractivity contribution in [3.63, 3.8) is 0 Å². The molecule has 2 aromatic rings. The second kappa shape index (κ2) is 9.14. The van der Waals surface area contributed by atoms with Crippen LogP contribution < -0.4 is 5.43 Å². The van der Waals surface area contributed by atoms with Gasteiger partial charge in [0, 0.05) is 31.7 Å². The van der Waals surface area contributed by atoms with Crippen LogP contribution in [0, 0.1) is 17.4 Å². The van der Waals surface area contributed by atoms with Crippen molar-refractivity contribution in [1.82, 2.24) is 9.99 Å². The van der Waals surface area contributed by atoms with Crippen LogP contribution in [0.1, 0.15) is 37.7 Å². The first-order valence-electron chi connectivity index (χ1n) is 7.81. The Morgan fingerprint density at radius 1 is 1.15 bits per heavy atom. The molecule has 4 N–H and O–H groups in total. The van der Waals surface area contributed by atoms with E-state index in [1.54, 1.807) is 0 Å².